The van der Waals surface area contributed by atoms with Gasteiger partial charge in [0.1, 0.15) is 17.8 Å². The molecule has 0 saturated carbocycles. The van der Waals surface area contributed by atoms with Crippen LogP contribution in [0.1, 0.15) is 20.7 Å². The number of methoxy groups -OCH3 is 1. The summed E-state index contributed by atoms with van der Waals surface area (Å²) >= 11 is 0. The van der Waals surface area contributed by atoms with E-state index >= 15 is 0 Å². The second-order valence-corrected chi connectivity index (χ2v) is 6.01. The standard InChI is InChI=1S/C22H17F2NO4/c1-28-18-9-6-15(7-10-18)19-12-17(8-11-20(19)29-22(23)24)25-21(27)16-4-2-14(13-26)3-5-16/h2-13,22H,1H3,(H,25,27). The lowest BCUT2D eigenvalue weighted by molar-refractivity contribution is -0.0494. The molecule has 1 amide bonds. The van der Waals surface area contributed by atoms with Gasteiger partial charge in [-0.15, -0.1) is 0 Å². The highest BCUT2D eigenvalue weighted by atomic mass is 19.3. The number of hydrogen-bond acceptors (Lipinski definition) is 4. The maximum absolute atomic E-state index is 12.8. The minimum Gasteiger partial charge on any atom is -0.497 e. The molecule has 3 aromatic carbocycles. The zero-order chi connectivity index (χ0) is 20.8. The molecule has 0 radical (unpaired) electrons. The average molecular weight is 397 g/mol. The number of hydrogen-bond donors (Lipinski definition) is 1. The number of halogens is 2. The highest BCUT2D eigenvalue weighted by molar-refractivity contribution is 6.05. The molecule has 0 heterocycles. The molecule has 5 nitrogen and oxygen atoms in total. The van der Waals surface area contributed by atoms with Gasteiger partial charge in [-0.25, -0.2) is 0 Å². The summed E-state index contributed by atoms with van der Waals surface area (Å²) in [7, 11) is 1.53. The first-order chi connectivity index (χ1) is 14.0. The van der Waals surface area contributed by atoms with Gasteiger partial charge in [0, 0.05) is 22.4 Å². The number of rotatable bonds is 7. The fourth-order valence-electron chi connectivity index (χ4n) is 2.72. The zero-order valence-corrected chi connectivity index (χ0v) is 15.4. The summed E-state index contributed by atoms with van der Waals surface area (Å²) in [5, 5.41) is 2.71. The van der Waals surface area contributed by atoms with Crippen LogP contribution in [0.4, 0.5) is 14.5 Å². The van der Waals surface area contributed by atoms with E-state index in [0.717, 1.165) is 0 Å². The van der Waals surface area contributed by atoms with Crippen molar-refractivity contribution in [1.82, 2.24) is 0 Å². The first-order valence-corrected chi connectivity index (χ1v) is 8.60. The molecule has 0 fully saturated rings. The van der Waals surface area contributed by atoms with Crippen LogP contribution in [0.3, 0.4) is 0 Å². The van der Waals surface area contributed by atoms with Gasteiger partial charge in [-0.05, 0) is 48.0 Å². The first-order valence-electron chi connectivity index (χ1n) is 8.60. The molecule has 0 saturated heterocycles. The fourth-order valence-corrected chi connectivity index (χ4v) is 2.72. The Labute approximate surface area is 165 Å². The minimum absolute atomic E-state index is 0.0153. The Bertz CT molecular complexity index is 1000. The average Bonchev–Trinajstić information content (AvgIpc) is 2.74. The van der Waals surface area contributed by atoms with Gasteiger partial charge in [0.15, 0.2) is 0 Å². The predicted octanol–water partition coefficient (Wildman–Crippen LogP) is 5.03. The third kappa shape index (κ3) is 4.95. The smallest absolute Gasteiger partial charge is 0.387 e. The normalized spacial score (nSPS) is 10.5. The van der Waals surface area contributed by atoms with E-state index in [0.29, 0.717) is 40.0 Å². The summed E-state index contributed by atoms with van der Waals surface area (Å²) in [6.45, 7) is -2.98. The summed E-state index contributed by atoms with van der Waals surface area (Å²) in [6.07, 6.45) is 0.685. The number of carbonyl (C=O) groups is 2. The summed E-state index contributed by atoms with van der Waals surface area (Å²) in [6, 6.07) is 17.3. The van der Waals surface area contributed by atoms with E-state index in [1.807, 2.05) is 0 Å². The minimum atomic E-state index is -2.98. The monoisotopic (exact) mass is 397 g/mol. The van der Waals surface area contributed by atoms with Gasteiger partial charge in [-0.1, -0.05) is 24.3 Å². The number of carbonyl (C=O) groups excluding carboxylic acids is 2. The number of aldehydes is 1. The molecule has 0 bridgehead atoms. The second kappa shape index (κ2) is 8.97. The van der Waals surface area contributed by atoms with Crippen molar-refractivity contribution in [3.8, 4) is 22.6 Å². The molecular weight excluding hydrogens is 380 g/mol. The lowest BCUT2D eigenvalue weighted by Gasteiger charge is -2.14. The number of alkyl halides is 2. The number of benzene rings is 3. The Morgan fingerprint density at radius 1 is 1.00 bits per heavy atom. The highest BCUT2D eigenvalue weighted by Gasteiger charge is 2.14. The molecule has 1 N–H and O–H groups in total. The van der Waals surface area contributed by atoms with Crippen LogP contribution in [-0.2, 0) is 0 Å². The second-order valence-electron chi connectivity index (χ2n) is 6.01. The summed E-state index contributed by atoms with van der Waals surface area (Å²) < 4.78 is 35.3. The first kappa shape index (κ1) is 20.0. The van der Waals surface area contributed by atoms with Crippen molar-refractivity contribution >= 4 is 17.9 Å². The Morgan fingerprint density at radius 3 is 2.28 bits per heavy atom. The van der Waals surface area contributed by atoms with Gasteiger partial charge in [0.2, 0.25) is 0 Å². The topological polar surface area (TPSA) is 64.6 Å². The largest absolute Gasteiger partial charge is 0.497 e. The molecule has 0 aliphatic rings. The van der Waals surface area contributed by atoms with Crippen LogP contribution in [0.25, 0.3) is 11.1 Å². The predicted molar refractivity (Wildman–Crippen MR) is 105 cm³/mol. The molecule has 0 aliphatic carbocycles. The Kier molecular flexibility index (Phi) is 6.19. The molecule has 29 heavy (non-hydrogen) atoms. The van der Waals surface area contributed by atoms with Gasteiger partial charge in [0.25, 0.3) is 5.91 Å². The third-order valence-corrected chi connectivity index (χ3v) is 4.16. The van der Waals surface area contributed by atoms with Crippen molar-refractivity contribution in [1.29, 1.82) is 0 Å². The van der Waals surface area contributed by atoms with Crippen LogP contribution in [-0.4, -0.2) is 25.9 Å². The summed E-state index contributed by atoms with van der Waals surface area (Å²) in [4.78, 5) is 23.2. The van der Waals surface area contributed by atoms with E-state index in [2.05, 4.69) is 10.1 Å². The number of nitrogens with one attached hydrogen (secondary N) is 1. The van der Waals surface area contributed by atoms with E-state index in [1.54, 1.807) is 30.3 Å². The lowest BCUT2D eigenvalue weighted by Crippen LogP contribution is -2.12. The summed E-state index contributed by atoms with van der Waals surface area (Å²) in [5.41, 5.74) is 2.23. The molecule has 0 spiro atoms. The molecule has 0 aromatic heterocycles. The van der Waals surface area contributed by atoms with Gasteiger partial charge < -0.3 is 14.8 Å². The van der Waals surface area contributed by atoms with Crippen molar-refractivity contribution < 1.29 is 27.8 Å². The van der Waals surface area contributed by atoms with Crippen molar-refractivity contribution in [3.05, 3.63) is 77.9 Å². The van der Waals surface area contributed by atoms with Gasteiger partial charge in [-0.2, -0.15) is 8.78 Å². The van der Waals surface area contributed by atoms with Gasteiger partial charge in [0.05, 0.1) is 7.11 Å². The van der Waals surface area contributed by atoms with E-state index in [4.69, 9.17) is 4.74 Å². The van der Waals surface area contributed by atoms with Crippen LogP contribution < -0.4 is 14.8 Å². The zero-order valence-electron chi connectivity index (χ0n) is 15.4. The molecule has 7 heteroatoms. The van der Waals surface area contributed by atoms with Crippen molar-refractivity contribution in [2.24, 2.45) is 0 Å². The maximum Gasteiger partial charge on any atom is 0.387 e. The van der Waals surface area contributed by atoms with Crippen molar-refractivity contribution in [2.45, 2.75) is 6.61 Å². The van der Waals surface area contributed by atoms with Gasteiger partial charge >= 0.3 is 6.61 Å². The Morgan fingerprint density at radius 2 is 1.69 bits per heavy atom. The van der Waals surface area contributed by atoms with E-state index in [1.165, 1.54) is 43.5 Å². The molecular formula is C22H17F2NO4. The van der Waals surface area contributed by atoms with Crippen LogP contribution >= 0.6 is 0 Å². The van der Waals surface area contributed by atoms with Crippen molar-refractivity contribution in [3.63, 3.8) is 0 Å². The Balaban J connectivity index is 1.90. The molecule has 3 aromatic rings. The third-order valence-electron chi connectivity index (χ3n) is 4.16. The number of ether oxygens (including phenoxy) is 2. The quantitative estimate of drug-likeness (QED) is 0.568. The van der Waals surface area contributed by atoms with E-state index < -0.39 is 12.5 Å². The lowest BCUT2D eigenvalue weighted by atomic mass is 10.0. The van der Waals surface area contributed by atoms with Crippen LogP contribution in [0.2, 0.25) is 0 Å². The SMILES string of the molecule is COc1ccc(-c2cc(NC(=O)c3ccc(C=O)cc3)ccc2OC(F)F)cc1. The summed E-state index contributed by atoms with van der Waals surface area (Å²) in [5.74, 6) is 0.206. The Hall–Kier alpha value is -3.74. The molecule has 0 unspecified atom stereocenters. The molecule has 0 aliphatic heterocycles. The van der Waals surface area contributed by atoms with Crippen LogP contribution in [0, 0.1) is 0 Å². The maximum atomic E-state index is 12.8. The van der Waals surface area contributed by atoms with Crippen LogP contribution in [0.5, 0.6) is 11.5 Å². The number of anilines is 1. The molecule has 148 valence electrons. The highest BCUT2D eigenvalue weighted by Crippen LogP contribution is 2.34. The molecule has 3 rings (SSSR count). The van der Waals surface area contributed by atoms with E-state index in [-0.39, 0.29) is 5.75 Å². The molecule has 0 atom stereocenters. The van der Waals surface area contributed by atoms with E-state index in [9.17, 15) is 18.4 Å². The van der Waals surface area contributed by atoms with Gasteiger partial charge in [-0.3, -0.25) is 9.59 Å². The van der Waals surface area contributed by atoms with Crippen LogP contribution in [0.15, 0.2) is 66.7 Å². The fraction of sp³-hybridized carbons (Fsp3) is 0.0909. The van der Waals surface area contributed by atoms with Crippen molar-refractivity contribution in [2.75, 3.05) is 12.4 Å². The number of amides is 1.